The van der Waals surface area contributed by atoms with Crippen LogP contribution >= 0.6 is 0 Å². The molecule has 3 aromatic rings. The fourth-order valence-corrected chi connectivity index (χ4v) is 2.19. The summed E-state index contributed by atoms with van der Waals surface area (Å²) < 4.78 is 6.99. The number of rotatable bonds is 4. The number of amides is 1. The predicted molar refractivity (Wildman–Crippen MR) is 87.1 cm³/mol. The highest BCUT2D eigenvalue weighted by atomic mass is 16.5. The summed E-state index contributed by atoms with van der Waals surface area (Å²) in [5.74, 6) is -0.00615. The van der Waals surface area contributed by atoms with Crippen molar-refractivity contribution in [3.05, 3.63) is 88.8 Å². The fourth-order valence-electron chi connectivity index (χ4n) is 2.19. The molecule has 0 radical (unpaired) electrons. The van der Waals surface area contributed by atoms with E-state index in [0.717, 1.165) is 0 Å². The van der Waals surface area contributed by atoms with E-state index in [4.69, 9.17) is 10.5 Å². The highest BCUT2D eigenvalue weighted by Gasteiger charge is 2.14. The second-order valence-corrected chi connectivity index (χ2v) is 4.87. The molecule has 0 spiro atoms. The van der Waals surface area contributed by atoms with Crippen LogP contribution in [0.3, 0.4) is 0 Å². The lowest BCUT2D eigenvalue weighted by Gasteiger charge is -2.12. The number of para-hydroxylation sites is 2. The summed E-state index contributed by atoms with van der Waals surface area (Å²) in [5, 5.41) is 0. The maximum atomic E-state index is 12.3. The van der Waals surface area contributed by atoms with Crippen LogP contribution in [0.25, 0.3) is 5.69 Å². The maximum Gasteiger partial charge on any atom is 0.258 e. The van der Waals surface area contributed by atoms with E-state index in [0.29, 0.717) is 11.4 Å². The van der Waals surface area contributed by atoms with Crippen LogP contribution in [0, 0.1) is 0 Å². The van der Waals surface area contributed by atoms with E-state index in [-0.39, 0.29) is 16.9 Å². The van der Waals surface area contributed by atoms with Crippen LogP contribution in [0.1, 0.15) is 10.4 Å². The van der Waals surface area contributed by atoms with Gasteiger partial charge < -0.3 is 10.5 Å². The molecule has 3 rings (SSSR count). The van der Waals surface area contributed by atoms with Gasteiger partial charge in [-0.1, -0.05) is 36.4 Å². The van der Waals surface area contributed by atoms with Crippen LogP contribution in [-0.2, 0) is 0 Å². The summed E-state index contributed by atoms with van der Waals surface area (Å²) in [6.45, 7) is 0. The first-order chi connectivity index (χ1) is 11.1. The van der Waals surface area contributed by atoms with Crippen molar-refractivity contribution in [3.63, 3.8) is 0 Å². The predicted octanol–water partition coefficient (Wildman–Crippen LogP) is 2.73. The average Bonchev–Trinajstić information content (AvgIpc) is 2.56. The molecule has 114 valence electrons. The third-order valence-electron chi connectivity index (χ3n) is 3.29. The first-order valence-corrected chi connectivity index (χ1v) is 7.00. The van der Waals surface area contributed by atoms with Gasteiger partial charge in [-0.15, -0.1) is 0 Å². The number of carbonyl (C=O) groups excluding carboxylic acids is 1. The molecule has 0 aliphatic carbocycles. The van der Waals surface area contributed by atoms with Crippen LogP contribution in [0.5, 0.6) is 11.5 Å². The molecule has 0 fully saturated rings. The lowest BCUT2D eigenvalue weighted by Crippen LogP contribution is -2.22. The van der Waals surface area contributed by atoms with Crippen LogP contribution in [0.15, 0.2) is 77.7 Å². The molecule has 0 saturated heterocycles. The van der Waals surface area contributed by atoms with Gasteiger partial charge in [0.25, 0.3) is 11.5 Å². The topological polar surface area (TPSA) is 74.3 Å². The zero-order valence-electron chi connectivity index (χ0n) is 12.2. The maximum absolute atomic E-state index is 12.3. The van der Waals surface area contributed by atoms with E-state index in [1.165, 1.54) is 16.8 Å². The molecule has 5 nitrogen and oxygen atoms in total. The Hall–Kier alpha value is -3.34. The minimum absolute atomic E-state index is 0.136. The minimum Gasteiger partial charge on any atom is -0.456 e. The highest BCUT2D eigenvalue weighted by Crippen LogP contribution is 2.24. The Morgan fingerprint density at radius 2 is 1.57 bits per heavy atom. The minimum atomic E-state index is -0.666. The van der Waals surface area contributed by atoms with E-state index in [9.17, 15) is 9.59 Å². The summed E-state index contributed by atoms with van der Waals surface area (Å²) in [6.07, 6.45) is 1.40. The molecular weight excluding hydrogens is 292 g/mol. The molecule has 1 amide bonds. The molecule has 1 aromatic heterocycles. The highest BCUT2D eigenvalue weighted by molar-refractivity contribution is 5.95. The van der Waals surface area contributed by atoms with Gasteiger partial charge in [0, 0.05) is 18.0 Å². The lowest BCUT2D eigenvalue weighted by atomic mass is 10.2. The van der Waals surface area contributed by atoms with Crippen molar-refractivity contribution in [1.82, 2.24) is 4.57 Å². The number of nitrogens with two attached hydrogens (primary N) is 1. The van der Waals surface area contributed by atoms with Gasteiger partial charge in [-0.3, -0.25) is 14.2 Å². The first-order valence-electron chi connectivity index (χ1n) is 7.00. The fraction of sp³-hybridized carbons (Fsp3) is 0. The Morgan fingerprint density at radius 3 is 2.17 bits per heavy atom. The second-order valence-electron chi connectivity index (χ2n) is 4.87. The Balaban J connectivity index is 2.10. The summed E-state index contributed by atoms with van der Waals surface area (Å²) in [6, 6.07) is 19.1. The number of aromatic nitrogens is 1. The first kappa shape index (κ1) is 14.6. The number of benzene rings is 2. The van der Waals surface area contributed by atoms with E-state index < -0.39 is 5.91 Å². The largest absolute Gasteiger partial charge is 0.456 e. The Kier molecular flexibility index (Phi) is 3.93. The standard InChI is InChI=1S/C18H14N2O3/c19-18(22)15-12-20(13-7-3-1-4-8-13)17(21)11-16(15)23-14-9-5-2-6-10-14/h1-12H,(H2,19,22). The molecule has 5 heteroatoms. The van der Waals surface area contributed by atoms with E-state index in [1.807, 2.05) is 12.1 Å². The molecule has 0 saturated carbocycles. The molecule has 1 heterocycles. The van der Waals surface area contributed by atoms with Crippen molar-refractivity contribution in [2.45, 2.75) is 0 Å². The van der Waals surface area contributed by atoms with Crippen molar-refractivity contribution >= 4 is 5.91 Å². The monoisotopic (exact) mass is 306 g/mol. The van der Waals surface area contributed by atoms with Gasteiger partial charge in [-0.05, 0) is 24.3 Å². The summed E-state index contributed by atoms with van der Waals surface area (Å²) in [5.41, 5.74) is 5.90. The quantitative estimate of drug-likeness (QED) is 0.805. The number of ether oxygens (including phenoxy) is 1. The van der Waals surface area contributed by atoms with Gasteiger partial charge in [0.2, 0.25) is 0 Å². The summed E-state index contributed by atoms with van der Waals surface area (Å²) in [7, 11) is 0. The molecule has 2 aromatic carbocycles. The molecule has 0 bridgehead atoms. The second kappa shape index (κ2) is 6.19. The SMILES string of the molecule is NC(=O)c1cn(-c2ccccc2)c(=O)cc1Oc1ccccc1. The van der Waals surface area contributed by atoms with Gasteiger partial charge >= 0.3 is 0 Å². The zero-order chi connectivity index (χ0) is 16.2. The van der Waals surface area contributed by atoms with Crippen molar-refractivity contribution in [1.29, 1.82) is 0 Å². The van der Waals surface area contributed by atoms with Gasteiger partial charge in [-0.25, -0.2) is 0 Å². The molecule has 2 N–H and O–H groups in total. The van der Waals surface area contributed by atoms with Crippen LogP contribution < -0.4 is 16.0 Å². The van der Waals surface area contributed by atoms with Gasteiger partial charge in [0.1, 0.15) is 11.5 Å². The number of nitrogens with zero attached hydrogens (tertiary/aromatic N) is 1. The third-order valence-corrected chi connectivity index (χ3v) is 3.29. The van der Waals surface area contributed by atoms with E-state index >= 15 is 0 Å². The Bertz CT molecular complexity index is 887. The van der Waals surface area contributed by atoms with Gasteiger partial charge in [0.15, 0.2) is 0 Å². The van der Waals surface area contributed by atoms with Crippen molar-refractivity contribution in [2.75, 3.05) is 0 Å². The Morgan fingerprint density at radius 1 is 0.957 bits per heavy atom. The molecule has 0 aliphatic heterocycles. The number of hydrogen-bond acceptors (Lipinski definition) is 3. The normalized spacial score (nSPS) is 10.3. The van der Waals surface area contributed by atoms with Crippen LogP contribution in [-0.4, -0.2) is 10.5 Å². The zero-order valence-corrected chi connectivity index (χ0v) is 12.2. The van der Waals surface area contributed by atoms with Crippen molar-refractivity contribution < 1.29 is 9.53 Å². The molecular formula is C18H14N2O3. The Labute approximate surface area is 132 Å². The van der Waals surface area contributed by atoms with Crippen molar-refractivity contribution in [3.8, 4) is 17.2 Å². The molecule has 0 aliphatic rings. The summed E-state index contributed by atoms with van der Waals surface area (Å²) >= 11 is 0. The molecule has 0 atom stereocenters. The smallest absolute Gasteiger partial charge is 0.258 e. The van der Waals surface area contributed by atoms with Crippen molar-refractivity contribution in [2.24, 2.45) is 5.73 Å². The van der Waals surface area contributed by atoms with Crippen LogP contribution in [0.2, 0.25) is 0 Å². The summed E-state index contributed by atoms with van der Waals surface area (Å²) in [4.78, 5) is 24.1. The number of pyridine rings is 1. The molecule has 0 unspecified atom stereocenters. The van der Waals surface area contributed by atoms with Gasteiger partial charge in [-0.2, -0.15) is 0 Å². The third kappa shape index (κ3) is 3.13. The van der Waals surface area contributed by atoms with E-state index in [2.05, 4.69) is 0 Å². The number of hydrogen-bond donors (Lipinski definition) is 1. The van der Waals surface area contributed by atoms with Gasteiger partial charge in [0.05, 0.1) is 5.56 Å². The number of primary amides is 1. The average molecular weight is 306 g/mol. The lowest BCUT2D eigenvalue weighted by molar-refractivity contribution is 0.0997. The van der Waals surface area contributed by atoms with E-state index in [1.54, 1.807) is 48.5 Å². The molecule has 23 heavy (non-hydrogen) atoms. The number of carbonyl (C=O) groups is 1. The van der Waals surface area contributed by atoms with Crippen LogP contribution in [0.4, 0.5) is 0 Å².